The van der Waals surface area contributed by atoms with Gasteiger partial charge in [-0.2, -0.15) is 0 Å². The quantitative estimate of drug-likeness (QED) is 0.388. The second-order valence-electron chi connectivity index (χ2n) is 9.61. The number of aromatic nitrogens is 3. The van der Waals surface area contributed by atoms with Crippen molar-refractivity contribution in [2.75, 3.05) is 5.73 Å². The molecular weight excluding hydrogens is 424 g/mol. The van der Waals surface area contributed by atoms with Crippen LogP contribution in [0, 0.1) is 11.8 Å². The lowest BCUT2D eigenvalue weighted by Gasteiger charge is -2.39. The van der Waals surface area contributed by atoms with Crippen molar-refractivity contribution in [3.05, 3.63) is 89.7 Å². The van der Waals surface area contributed by atoms with Crippen molar-refractivity contribution in [1.29, 1.82) is 0 Å². The maximum absolute atomic E-state index is 6.19. The highest BCUT2D eigenvalue weighted by molar-refractivity contribution is 5.56. The molecule has 0 spiro atoms. The lowest BCUT2D eigenvalue weighted by Crippen LogP contribution is -2.34. The topological polar surface area (TPSA) is 87.1 Å². The smallest absolute Gasteiger partial charge is 0.313 e. The SMILES string of the molecule is CC(Oc1ccc([C@]2(c3ccc(-c4nnc(N)o4)cc3)C[C@@H]3CC[C@H]2C3)cc1)c1ccccn1. The zero-order valence-corrected chi connectivity index (χ0v) is 19.2. The van der Waals surface area contributed by atoms with Gasteiger partial charge >= 0.3 is 6.01 Å². The van der Waals surface area contributed by atoms with Crippen LogP contribution < -0.4 is 10.5 Å². The first kappa shape index (κ1) is 20.9. The fourth-order valence-electron chi connectivity index (χ4n) is 6.18. The molecule has 4 aromatic rings. The first-order valence-electron chi connectivity index (χ1n) is 12.0. The molecule has 2 fully saturated rings. The molecule has 2 N–H and O–H groups in total. The number of benzene rings is 2. The average molecular weight is 453 g/mol. The van der Waals surface area contributed by atoms with E-state index >= 15 is 0 Å². The number of hydrogen-bond acceptors (Lipinski definition) is 6. The summed E-state index contributed by atoms with van der Waals surface area (Å²) < 4.78 is 11.6. The molecule has 34 heavy (non-hydrogen) atoms. The highest BCUT2D eigenvalue weighted by Gasteiger charge is 2.52. The molecule has 0 radical (unpaired) electrons. The van der Waals surface area contributed by atoms with Gasteiger partial charge in [0.1, 0.15) is 11.9 Å². The molecule has 2 aliphatic carbocycles. The van der Waals surface area contributed by atoms with Crippen molar-refractivity contribution in [3.8, 4) is 17.2 Å². The second-order valence-corrected chi connectivity index (χ2v) is 9.61. The molecule has 2 aromatic carbocycles. The van der Waals surface area contributed by atoms with Gasteiger partial charge in [0.05, 0.1) is 5.69 Å². The molecular formula is C28H28N4O2. The molecule has 6 heteroatoms. The number of nitrogen functional groups attached to an aromatic ring is 1. The predicted octanol–water partition coefficient (Wildman–Crippen LogP) is 5.96. The van der Waals surface area contributed by atoms with E-state index in [4.69, 9.17) is 14.9 Å². The van der Waals surface area contributed by atoms with Crippen molar-refractivity contribution in [2.45, 2.75) is 44.1 Å². The minimum atomic E-state index is -0.102. The minimum Gasteiger partial charge on any atom is -0.484 e. The molecule has 0 aliphatic heterocycles. The molecule has 2 aromatic heterocycles. The van der Waals surface area contributed by atoms with Crippen molar-refractivity contribution in [3.63, 3.8) is 0 Å². The molecule has 0 amide bonds. The minimum absolute atomic E-state index is 0.0282. The van der Waals surface area contributed by atoms with Crippen molar-refractivity contribution in [1.82, 2.24) is 15.2 Å². The highest BCUT2D eigenvalue weighted by atomic mass is 16.5. The maximum atomic E-state index is 6.19. The van der Waals surface area contributed by atoms with Crippen LogP contribution in [0.2, 0.25) is 0 Å². The van der Waals surface area contributed by atoms with Gasteiger partial charge in [0.15, 0.2) is 0 Å². The van der Waals surface area contributed by atoms with E-state index in [1.165, 1.54) is 36.8 Å². The Morgan fingerprint density at radius 2 is 1.74 bits per heavy atom. The van der Waals surface area contributed by atoms with Crippen LogP contribution >= 0.6 is 0 Å². The van der Waals surface area contributed by atoms with Gasteiger partial charge in [0, 0.05) is 17.2 Å². The van der Waals surface area contributed by atoms with Crippen molar-refractivity contribution < 1.29 is 9.15 Å². The number of ether oxygens (including phenoxy) is 1. The Hall–Kier alpha value is -3.67. The summed E-state index contributed by atoms with van der Waals surface area (Å²) in [6, 6.07) is 23.3. The molecule has 2 bridgehead atoms. The molecule has 172 valence electrons. The van der Waals surface area contributed by atoms with Gasteiger partial charge in [-0.1, -0.05) is 41.9 Å². The average Bonchev–Trinajstić information content (AvgIpc) is 3.62. The van der Waals surface area contributed by atoms with Crippen LogP contribution in [0.1, 0.15) is 55.5 Å². The Bertz CT molecular complexity index is 1270. The molecule has 1 unspecified atom stereocenters. The van der Waals surface area contributed by atoms with E-state index < -0.39 is 0 Å². The monoisotopic (exact) mass is 452 g/mol. The lowest BCUT2D eigenvalue weighted by molar-refractivity contribution is 0.221. The van der Waals surface area contributed by atoms with Crippen LogP contribution in [0.4, 0.5) is 6.01 Å². The third-order valence-electron chi connectivity index (χ3n) is 7.72. The summed E-state index contributed by atoms with van der Waals surface area (Å²) in [6.07, 6.45) is 6.81. The number of rotatable bonds is 6. The Morgan fingerprint density at radius 3 is 2.32 bits per heavy atom. The normalized spacial score (nSPS) is 24.3. The van der Waals surface area contributed by atoms with E-state index in [-0.39, 0.29) is 17.5 Å². The van der Waals surface area contributed by atoms with Gasteiger partial charge in [-0.3, -0.25) is 4.98 Å². The van der Waals surface area contributed by atoms with Gasteiger partial charge < -0.3 is 14.9 Å². The summed E-state index contributed by atoms with van der Waals surface area (Å²) in [5.74, 6) is 2.77. The highest BCUT2D eigenvalue weighted by Crippen LogP contribution is 2.60. The first-order valence-corrected chi connectivity index (χ1v) is 12.0. The van der Waals surface area contributed by atoms with Gasteiger partial charge in [-0.25, -0.2) is 0 Å². The zero-order chi connectivity index (χ0) is 23.1. The fraction of sp³-hybridized carbons (Fsp3) is 0.321. The molecule has 4 atom stereocenters. The van der Waals surface area contributed by atoms with Crippen LogP contribution in [0.15, 0.2) is 77.3 Å². The van der Waals surface area contributed by atoms with Crippen molar-refractivity contribution >= 4 is 6.01 Å². The molecule has 2 aliphatic rings. The largest absolute Gasteiger partial charge is 0.484 e. The third kappa shape index (κ3) is 3.54. The van der Waals surface area contributed by atoms with E-state index in [0.29, 0.717) is 11.8 Å². The molecule has 2 saturated carbocycles. The van der Waals surface area contributed by atoms with E-state index in [9.17, 15) is 0 Å². The number of nitrogens with two attached hydrogens (primary N) is 1. The molecule has 2 heterocycles. The summed E-state index contributed by atoms with van der Waals surface area (Å²) in [5, 5.41) is 7.80. The molecule has 6 nitrogen and oxygen atoms in total. The van der Waals surface area contributed by atoms with E-state index in [1.54, 1.807) is 6.20 Å². The second kappa shape index (κ2) is 8.28. The Labute approximate surface area is 199 Å². The maximum Gasteiger partial charge on any atom is 0.313 e. The first-order chi connectivity index (χ1) is 16.6. The number of pyridine rings is 1. The summed E-state index contributed by atoms with van der Waals surface area (Å²) in [5.41, 5.74) is 10.2. The number of anilines is 1. The third-order valence-corrected chi connectivity index (χ3v) is 7.72. The summed E-state index contributed by atoms with van der Waals surface area (Å²) in [4.78, 5) is 4.42. The summed E-state index contributed by atoms with van der Waals surface area (Å²) >= 11 is 0. The van der Waals surface area contributed by atoms with Crippen LogP contribution in [-0.2, 0) is 5.41 Å². The van der Waals surface area contributed by atoms with E-state index in [1.807, 2.05) is 25.1 Å². The van der Waals surface area contributed by atoms with E-state index in [0.717, 1.165) is 22.9 Å². The fourth-order valence-corrected chi connectivity index (χ4v) is 6.18. The zero-order valence-electron chi connectivity index (χ0n) is 19.2. The van der Waals surface area contributed by atoms with Crippen LogP contribution in [0.25, 0.3) is 11.5 Å². The lowest BCUT2D eigenvalue weighted by atomic mass is 9.64. The number of hydrogen-bond donors (Lipinski definition) is 1. The van der Waals surface area contributed by atoms with Crippen LogP contribution in [0.5, 0.6) is 5.75 Å². The predicted molar refractivity (Wildman–Crippen MR) is 130 cm³/mol. The van der Waals surface area contributed by atoms with Gasteiger partial charge in [0.25, 0.3) is 0 Å². The van der Waals surface area contributed by atoms with Gasteiger partial charge in [0.2, 0.25) is 5.89 Å². The van der Waals surface area contributed by atoms with Crippen LogP contribution in [-0.4, -0.2) is 15.2 Å². The Kier molecular flexibility index (Phi) is 5.09. The Morgan fingerprint density at radius 1 is 0.971 bits per heavy atom. The van der Waals surface area contributed by atoms with Gasteiger partial charge in [-0.05, 0) is 85.5 Å². The summed E-state index contributed by atoms with van der Waals surface area (Å²) in [7, 11) is 0. The van der Waals surface area contributed by atoms with E-state index in [2.05, 4.69) is 63.7 Å². The number of fused-ring (bicyclic) bond motifs is 2. The molecule has 6 rings (SSSR count). The van der Waals surface area contributed by atoms with Crippen LogP contribution in [0.3, 0.4) is 0 Å². The number of nitrogens with zero attached hydrogens (tertiary/aromatic N) is 3. The molecule has 0 saturated heterocycles. The summed E-state index contributed by atoms with van der Waals surface area (Å²) in [6.45, 7) is 2.03. The van der Waals surface area contributed by atoms with Gasteiger partial charge in [-0.15, -0.1) is 5.10 Å². The standard InChI is InChI=1S/C28H28N4O2/c1-18(25-4-2-3-15-30-25)33-24-13-11-22(12-14-24)28(17-19-5-8-23(28)16-19)21-9-6-20(7-10-21)26-31-32-27(29)34-26/h2-4,6-7,9-15,18-19,23H,5,8,16-17H2,1H3,(H2,29,32)/t18?,19-,23+,28-/m1/s1. The van der Waals surface area contributed by atoms with Crippen molar-refractivity contribution in [2.24, 2.45) is 11.8 Å². The Balaban J connectivity index is 1.30.